The largest absolute Gasteiger partial charge is 0.478 e. The summed E-state index contributed by atoms with van der Waals surface area (Å²) < 4.78 is 6.66. The normalized spacial score (nSPS) is 10.7. The molecule has 1 heterocycles. The lowest BCUT2D eigenvalue weighted by molar-refractivity contribution is -0.131. The molecule has 0 spiro atoms. The molecule has 0 unspecified atom stereocenters. The summed E-state index contributed by atoms with van der Waals surface area (Å²) in [6.07, 6.45) is 4.10. The number of aryl methyl sites for hydroxylation is 1. The lowest BCUT2D eigenvalue weighted by atomic mass is 10.2. The molecule has 5 heteroatoms. The average molecular weight is 334 g/mol. The van der Waals surface area contributed by atoms with Gasteiger partial charge in [0.2, 0.25) is 5.88 Å². The summed E-state index contributed by atoms with van der Waals surface area (Å²) in [5, 5.41) is 8.54. The van der Waals surface area contributed by atoms with Gasteiger partial charge in [0.15, 0.2) is 0 Å². The number of carboxylic acid groups (broad SMARTS) is 1. The van der Waals surface area contributed by atoms with E-state index in [4.69, 9.17) is 9.84 Å². The second-order valence-electron chi connectivity index (χ2n) is 4.11. The molecular weight excluding hydrogens is 322 g/mol. The second-order valence-corrected chi connectivity index (χ2v) is 5.03. The number of rotatable bonds is 4. The van der Waals surface area contributed by atoms with Crippen molar-refractivity contribution in [2.75, 3.05) is 0 Å². The van der Waals surface area contributed by atoms with Crippen molar-refractivity contribution in [3.8, 4) is 11.6 Å². The maximum Gasteiger partial charge on any atom is 0.328 e. The topological polar surface area (TPSA) is 59.4 Å². The molecule has 20 heavy (non-hydrogen) atoms. The molecule has 1 aromatic heterocycles. The minimum Gasteiger partial charge on any atom is -0.478 e. The molecule has 2 rings (SSSR count). The van der Waals surface area contributed by atoms with E-state index in [9.17, 15) is 4.79 Å². The fraction of sp³-hybridized carbons (Fsp3) is 0.0667. The van der Waals surface area contributed by atoms with Gasteiger partial charge in [0.1, 0.15) is 5.75 Å². The van der Waals surface area contributed by atoms with Crippen LogP contribution < -0.4 is 4.74 Å². The fourth-order valence-corrected chi connectivity index (χ4v) is 2.03. The number of aromatic nitrogens is 1. The Bertz CT molecular complexity index is 651. The lowest BCUT2D eigenvalue weighted by Crippen LogP contribution is -1.91. The summed E-state index contributed by atoms with van der Waals surface area (Å²) >= 11 is 3.39. The van der Waals surface area contributed by atoms with Crippen molar-refractivity contribution >= 4 is 28.0 Å². The molecule has 2 aromatic rings. The van der Waals surface area contributed by atoms with E-state index < -0.39 is 5.97 Å². The molecule has 0 saturated heterocycles. The molecular formula is C15H12BrNO3. The molecule has 1 N–H and O–H groups in total. The van der Waals surface area contributed by atoms with Gasteiger partial charge in [-0.3, -0.25) is 0 Å². The third-order valence-corrected chi connectivity index (χ3v) is 3.02. The quantitative estimate of drug-likeness (QED) is 0.857. The molecule has 0 amide bonds. The van der Waals surface area contributed by atoms with E-state index in [1.807, 2.05) is 25.1 Å². The van der Waals surface area contributed by atoms with Gasteiger partial charge in [-0.2, -0.15) is 0 Å². The lowest BCUT2D eigenvalue weighted by Gasteiger charge is -2.08. The number of halogens is 1. The first-order valence-corrected chi connectivity index (χ1v) is 6.65. The van der Waals surface area contributed by atoms with Crippen molar-refractivity contribution in [3.05, 3.63) is 58.2 Å². The third kappa shape index (κ3) is 3.93. The van der Waals surface area contributed by atoms with Crippen molar-refractivity contribution in [1.29, 1.82) is 0 Å². The van der Waals surface area contributed by atoms with Crippen molar-refractivity contribution in [3.63, 3.8) is 0 Å². The van der Waals surface area contributed by atoms with Crippen molar-refractivity contribution in [2.45, 2.75) is 6.92 Å². The van der Waals surface area contributed by atoms with Crippen LogP contribution in [0.1, 0.15) is 11.1 Å². The summed E-state index contributed by atoms with van der Waals surface area (Å²) in [7, 11) is 0. The Balaban J connectivity index is 2.12. The Morgan fingerprint density at radius 3 is 2.75 bits per heavy atom. The van der Waals surface area contributed by atoms with E-state index in [0.29, 0.717) is 11.4 Å². The van der Waals surface area contributed by atoms with Crippen LogP contribution in [0.3, 0.4) is 0 Å². The van der Waals surface area contributed by atoms with Gasteiger partial charge in [-0.15, -0.1) is 0 Å². The molecule has 0 radical (unpaired) electrons. The highest BCUT2D eigenvalue weighted by molar-refractivity contribution is 9.10. The summed E-state index contributed by atoms with van der Waals surface area (Å²) in [5.41, 5.74) is 1.70. The zero-order valence-electron chi connectivity index (χ0n) is 10.7. The number of hydrogen-bond donors (Lipinski definition) is 1. The number of ether oxygens (including phenoxy) is 1. The summed E-state index contributed by atoms with van der Waals surface area (Å²) in [6.45, 7) is 1.95. The van der Waals surface area contributed by atoms with Crippen LogP contribution in [0.25, 0.3) is 6.08 Å². The molecule has 0 aliphatic rings. The van der Waals surface area contributed by atoms with Crippen LogP contribution >= 0.6 is 15.9 Å². The standard InChI is InChI=1S/C15H12BrNO3/c1-10-8-12(16)4-5-13(10)20-14-6-2-11(9-17-14)3-7-15(18)19/h2-9H,1H3,(H,18,19)/b7-3+. The number of carboxylic acids is 1. The third-order valence-electron chi connectivity index (χ3n) is 2.53. The van der Waals surface area contributed by atoms with E-state index >= 15 is 0 Å². The number of pyridine rings is 1. The SMILES string of the molecule is Cc1cc(Br)ccc1Oc1ccc(/C=C/C(=O)O)cn1. The molecule has 0 aliphatic carbocycles. The number of benzene rings is 1. The average Bonchev–Trinajstić information content (AvgIpc) is 2.41. The zero-order chi connectivity index (χ0) is 14.5. The van der Waals surface area contributed by atoms with Gasteiger partial charge in [0.25, 0.3) is 0 Å². The van der Waals surface area contributed by atoms with Crippen LogP contribution in [0.2, 0.25) is 0 Å². The molecule has 1 aromatic carbocycles. The van der Waals surface area contributed by atoms with Crippen molar-refractivity contribution in [2.24, 2.45) is 0 Å². The number of nitrogens with zero attached hydrogens (tertiary/aromatic N) is 1. The van der Waals surface area contributed by atoms with Crippen LogP contribution in [0, 0.1) is 6.92 Å². The van der Waals surface area contributed by atoms with Crippen LogP contribution in [-0.4, -0.2) is 16.1 Å². The summed E-state index contributed by atoms with van der Waals surface area (Å²) in [6, 6.07) is 9.16. The number of hydrogen-bond acceptors (Lipinski definition) is 3. The van der Waals surface area contributed by atoms with Gasteiger partial charge in [0.05, 0.1) is 0 Å². The fourth-order valence-electron chi connectivity index (χ4n) is 1.56. The monoisotopic (exact) mass is 333 g/mol. The summed E-state index contributed by atoms with van der Waals surface area (Å²) in [4.78, 5) is 14.5. The highest BCUT2D eigenvalue weighted by Gasteiger charge is 2.03. The number of carbonyl (C=O) groups is 1. The van der Waals surface area contributed by atoms with Crippen molar-refractivity contribution in [1.82, 2.24) is 4.98 Å². The zero-order valence-corrected chi connectivity index (χ0v) is 12.3. The van der Waals surface area contributed by atoms with Gasteiger partial charge >= 0.3 is 5.97 Å². The minimum absolute atomic E-state index is 0.461. The highest BCUT2D eigenvalue weighted by Crippen LogP contribution is 2.26. The molecule has 4 nitrogen and oxygen atoms in total. The van der Waals surface area contributed by atoms with E-state index in [2.05, 4.69) is 20.9 Å². The Kier molecular flexibility index (Phi) is 4.53. The van der Waals surface area contributed by atoms with Crippen LogP contribution in [0.15, 0.2) is 47.1 Å². The van der Waals surface area contributed by atoms with E-state index in [1.54, 1.807) is 18.3 Å². The molecule has 0 saturated carbocycles. The van der Waals surface area contributed by atoms with E-state index in [-0.39, 0.29) is 0 Å². The number of aliphatic carboxylic acids is 1. The smallest absolute Gasteiger partial charge is 0.328 e. The molecule has 102 valence electrons. The van der Waals surface area contributed by atoms with Crippen LogP contribution in [0.4, 0.5) is 0 Å². The molecule has 0 fully saturated rings. The van der Waals surface area contributed by atoms with Crippen molar-refractivity contribution < 1.29 is 14.6 Å². The van der Waals surface area contributed by atoms with Gasteiger partial charge in [-0.05, 0) is 48.4 Å². The predicted molar refractivity (Wildman–Crippen MR) is 79.9 cm³/mol. The Labute approximate surface area is 124 Å². The minimum atomic E-state index is -0.990. The van der Waals surface area contributed by atoms with Crippen LogP contribution in [0.5, 0.6) is 11.6 Å². The van der Waals surface area contributed by atoms with Gasteiger partial charge in [-0.25, -0.2) is 9.78 Å². The Hall–Kier alpha value is -2.14. The first-order valence-electron chi connectivity index (χ1n) is 5.85. The summed E-state index contributed by atoms with van der Waals surface area (Å²) in [5.74, 6) is 0.202. The van der Waals surface area contributed by atoms with Gasteiger partial charge < -0.3 is 9.84 Å². The molecule has 0 atom stereocenters. The van der Waals surface area contributed by atoms with E-state index in [0.717, 1.165) is 21.9 Å². The van der Waals surface area contributed by atoms with Crippen LogP contribution in [-0.2, 0) is 4.79 Å². The Morgan fingerprint density at radius 1 is 1.35 bits per heavy atom. The maximum atomic E-state index is 10.4. The first-order chi connectivity index (χ1) is 9.54. The maximum absolute atomic E-state index is 10.4. The van der Waals surface area contributed by atoms with E-state index in [1.165, 1.54) is 6.08 Å². The first kappa shape index (κ1) is 14.3. The highest BCUT2D eigenvalue weighted by atomic mass is 79.9. The van der Waals surface area contributed by atoms with Gasteiger partial charge in [0, 0.05) is 22.8 Å². The second kappa shape index (κ2) is 6.34. The van der Waals surface area contributed by atoms with Gasteiger partial charge in [-0.1, -0.05) is 15.9 Å². The molecule has 0 aliphatic heterocycles. The Morgan fingerprint density at radius 2 is 2.15 bits per heavy atom. The molecule has 0 bridgehead atoms. The predicted octanol–water partition coefficient (Wildman–Crippen LogP) is 4.04.